The predicted octanol–water partition coefficient (Wildman–Crippen LogP) is 1.51. The van der Waals surface area contributed by atoms with Crippen molar-refractivity contribution in [3.63, 3.8) is 0 Å². The molecule has 1 aromatic rings. The lowest BCUT2D eigenvalue weighted by Crippen LogP contribution is -2.34. The van der Waals surface area contributed by atoms with E-state index >= 15 is 0 Å². The van der Waals surface area contributed by atoms with Crippen molar-refractivity contribution < 1.29 is 18.4 Å². The molecular weight excluding hydrogens is 192 g/mol. The van der Waals surface area contributed by atoms with Gasteiger partial charge in [-0.2, -0.15) is 8.78 Å². The molecule has 2 amide bonds. The number of carbonyl (C=O) groups is 2. The van der Waals surface area contributed by atoms with Crippen molar-refractivity contribution in [2.45, 2.75) is 6.55 Å². The van der Waals surface area contributed by atoms with Gasteiger partial charge in [-0.3, -0.25) is 9.59 Å². The molecule has 0 unspecified atom stereocenters. The normalized spacial score (nSPS) is 15.2. The molecule has 1 aliphatic heterocycles. The number of nitrogens with zero attached hydrogens (tertiary/aromatic N) is 1. The van der Waals surface area contributed by atoms with Crippen molar-refractivity contribution >= 4 is 11.8 Å². The third-order valence-corrected chi connectivity index (χ3v) is 2.02. The van der Waals surface area contributed by atoms with Gasteiger partial charge in [-0.05, 0) is 12.1 Å². The third kappa shape index (κ3) is 1.02. The number of imide groups is 1. The van der Waals surface area contributed by atoms with Crippen molar-refractivity contribution in [2.75, 3.05) is 0 Å². The molecule has 0 atom stereocenters. The van der Waals surface area contributed by atoms with Crippen LogP contribution >= 0.6 is 0 Å². The summed E-state index contributed by atoms with van der Waals surface area (Å²) < 4.78 is 24.6. The summed E-state index contributed by atoms with van der Waals surface area (Å²) in [4.78, 5) is 22.5. The number of amides is 2. The lowest BCUT2D eigenvalue weighted by Gasteiger charge is -2.10. The van der Waals surface area contributed by atoms with E-state index in [2.05, 4.69) is 0 Å². The summed E-state index contributed by atoms with van der Waals surface area (Å²) in [7, 11) is 0. The van der Waals surface area contributed by atoms with Gasteiger partial charge < -0.3 is 0 Å². The molecular formula is C9H5F2NO2. The first-order valence-corrected chi connectivity index (χ1v) is 3.88. The fraction of sp³-hybridized carbons (Fsp3) is 0.111. The Labute approximate surface area is 77.9 Å². The first-order chi connectivity index (χ1) is 6.63. The van der Waals surface area contributed by atoms with E-state index in [0.29, 0.717) is 0 Å². The highest BCUT2D eigenvalue weighted by molar-refractivity contribution is 6.21. The molecule has 0 saturated heterocycles. The topological polar surface area (TPSA) is 37.4 Å². The molecule has 1 aliphatic rings. The molecule has 14 heavy (non-hydrogen) atoms. The van der Waals surface area contributed by atoms with Crippen molar-refractivity contribution in [3.8, 4) is 0 Å². The van der Waals surface area contributed by atoms with Crippen molar-refractivity contribution in [1.82, 2.24) is 4.90 Å². The Bertz CT molecular complexity index is 382. The molecule has 0 spiro atoms. The quantitative estimate of drug-likeness (QED) is 0.505. The van der Waals surface area contributed by atoms with E-state index in [1.54, 1.807) is 0 Å². The van der Waals surface area contributed by atoms with Gasteiger partial charge >= 0.3 is 6.55 Å². The summed E-state index contributed by atoms with van der Waals surface area (Å²) in [6, 6.07) is 5.77. The molecule has 1 aromatic carbocycles. The highest BCUT2D eigenvalue weighted by atomic mass is 19.3. The van der Waals surface area contributed by atoms with Crippen LogP contribution in [0.1, 0.15) is 20.7 Å². The van der Waals surface area contributed by atoms with Crippen LogP contribution in [-0.2, 0) is 0 Å². The second-order valence-electron chi connectivity index (χ2n) is 2.80. The van der Waals surface area contributed by atoms with Crippen LogP contribution in [0.4, 0.5) is 8.78 Å². The van der Waals surface area contributed by atoms with Gasteiger partial charge in [0.05, 0.1) is 11.1 Å². The number of rotatable bonds is 1. The average molecular weight is 197 g/mol. The van der Waals surface area contributed by atoms with E-state index < -0.39 is 18.4 Å². The maximum atomic E-state index is 12.3. The number of alkyl halides is 2. The van der Waals surface area contributed by atoms with Crippen LogP contribution in [0.2, 0.25) is 0 Å². The Morgan fingerprint density at radius 1 is 1.00 bits per heavy atom. The standard InChI is InChI=1S/C9H5F2NO2/c10-9(11)12-7(13)5-3-1-2-4-6(5)8(12)14/h1-4,9H. The van der Waals surface area contributed by atoms with Crippen LogP contribution < -0.4 is 0 Å². The van der Waals surface area contributed by atoms with Gasteiger partial charge in [0.25, 0.3) is 11.8 Å². The van der Waals surface area contributed by atoms with Crippen LogP contribution in [0.15, 0.2) is 24.3 Å². The maximum Gasteiger partial charge on any atom is 0.324 e. The minimum atomic E-state index is -3.08. The first-order valence-electron chi connectivity index (χ1n) is 3.88. The zero-order chi connectivity index (χ0) is 10.3. The van der Waals surface area contributed by atoms with Crippen LogP contribution in [0.25, 0.3) is 0 Å². The number of hydrogen-bond donors (Lipinski definition) is 0. The Morgan fingerprint density at radius 2 is 1.43 bits per heavy atom. The van der Waals surface area contributed by atoms with E-state index in [1.807, 2.05) is 0 Å². The highest BCUT2D eigenvalue weighted by Gasteiger charge is 2.40. The lowest BCUT2D eigenvalue weighted by atomic mass is 10.1. The zero-order valence-corrected chi connectivity index (χ0v) is 6.91. The summed E-state index contributed by atoms with van der Waals surface area (Å²) >= 11 is 0. The van der Waals surface area contributed by atoms with Crippen LogP contribution in [0.5, 0.6) is 0 Å². The van der Waals surface area contributed by atoms with Gasteiger partial charge in [0, 0.05) is 0 Å². The monoisotopic (exact) mass is 197 g/mol. The summed E-state index contributed by atoms with van der Waals surface area (Å²) in [5.74, 6) is -1.86. The minimum absolute atomic E-state index is 0.0370. The smallest absolute Gasteiger partial charge is 0.268 e. The van der Waals surface area contributed by atoms with Gasteiger partial charge in [-0.1, -0.05) is 12.1 Å². The molecule has 0 N–H and O–H groups in total. The van der Waals surface area contributed by atoms with Gasteiger partial charge in [0.2, 0.25) is 0 Å². The molecule has 0 radical (unpaired) electrons. The molecule has 3 nitrogen and oxygen atoms in total. The lowest BCUT2D eigenvalue weighted by molar-refractivity contribution is -0.00303. The summed E-state index contributed by atoms with van der Waals surface area (Å²) in [6.45, 7) is -3.08. The number of halogens is 2. The largest absolute Gasteiger partial charge is 0.324 e. The van der Waals surface area contributed by atoms with Crippen molar-refractivity contribution in [1.29, 1.82) is 0 Å². The van der Waals surface area contributed by atoms with E-state index in [9.17, 15) is 18.4 Å². The SMILES string of the molecule is O=C1c2ccccc2C(=O)N1C(F)F. The second-order valence-corrected chi connectivity index (χ2v) is 2.80. The first kappa shape index (κ1) is 8.80. The zero-order valence-electron chi connectivity index (χ0n) is 6.91. The molecule has 0 fully saturated rings. The van der Waals surface area contributed by atoms with Crippen molar-refractivity contribution in [2.24, 2.45) is 0 Å². The average Bonchev–Trinajstić information content (AvgIpc) is 2.41. The van der Waals surface area contributed by atoms with E-state index in [4.69, 9.17) is 0 Å². The van der Waals surface area contributed by atoms with E-state index in [1.165, 1.54) is 24.3 Å². The third-order valence-electron chi connectivity index (χ3n) is 2.02. The predicted molar refractivity (Wildman–Crippen MR) is 42.9 cm³/mol. The fourth-order valence-electron chi connectivity index (χ4n) is 1.39. The number of carbonyl (C=O) groups excluding carboxylic acids is 2. The summed E-state index contributed by atoms with van der Waals surface area (Å²) in [5, 5.41) is 0. The molecule has 0 aromatic heterocycles. The second kappa shape index (κ2) is 2.87. The Balaban J connectivity index is 2.54. The van der Waals surface area contributed by atoms with Crippen LogP contribution in [-0.4, -0.2) is 23.3 Å². The van der Waals surface area contributed by atoms with Crippen LogP contribution in [0, 0.1) is 0 Å². The van der Waals surface area contributed by atoms with E-state index in [0.717, 1.165) is 0 Å². The number of hydrogen-bond acceptors (Lipinski definition) is 2. The van der Waals surface area contributed by atoms with Gasteiger partial charge in [-0.25, -0.2) is 4.90 Å². The summed E-state index contributed by atoms with van der Waals surface area (Å²) in [6.07, 6.45) is 0. The minimum Gasteiger partial charge on any atom is -0.268 e. The Hall–Kier alpha value is -1.78. The number of fused-ring (bicyclic) bond motifs is 1. The Kier molecular flexibility index (Phi) is 1.80. The molecule has 0 saturated carbocycles. The molecule has 0 aliphatic carbocycles. The highest BCUT2D eigenvalue weighted by Crippen LogP contribution is 2.24. The molecule has 1 heterocycles. The molecule has 72 valence electrons. The number of benzene rings is 1. The summed E-state index contributed by atoms with van der Waals surface area (Å²) in [5.41, 5.74) is 0.0793. The maximum absolute atomic E-state index is 12.3. The molecule has 2 rings (SSSR count). The van der Waals surface area contributed by atoms with Gasteiger partial charge in [-0.15, -0.1) is 0 Å². The van der Waals surface area contributed by atoms with E-state index in [-0.39, 0.29) is 16.0 Å². The Morgan fingerprint density at radius 3 is 1.79 bits per heavy atom. The van der Waals surface area contributed by atoms with Gasteiger partial charge in [0.1, 0.15) is 0 Å². The van der Waals surface area contributed by atoms with Crippen molar-refractivity contribution in [3.05, 3.63) is 35.4 Å². The molecule has 5 heteroatoms. The fourth-order valence-corrected chi connectivity index (χ4v) is 1.39. The molecule has 0 bridgehead atoms. The van der Waals surface area contributed by atoms with Crippen LogP contribution in [0.3, 0.4) is 0 Å². The van der Waals surface area contributed by atoms with Gasteiger partial charge in [0.15, 0.2) is 0 Å².